The molecule has 4 rings (SSSR count). The van der Waals surface area contributed by atoms with Crippen molar-refractivity contribution in [1.82, 2.24) is 10.3 Å². The highest BCUT2D eigenvalue weighted by atomic mass is 16.6. The Labute approximate surface area is 128 Å². The van der Waals surface area contributed by atoms with Crippen molar-refractivity contribution in [3.05, 3.63) is 40.7 Å². The van der Waals surface area contributed by atoms with Gasteiger partial charge in [0.05, 0.1) is 10.3 Å². The molecule has 0 radical (unpaired) electrons. The minimum Gasteiger partial charge on any atom is -0.369 e. The number of nitro groups is 1. The molecule has 0 saturated carbocycles. The minimum absolute atomic E-state index is 0.126. The number of nitrogens with one attached hydrogen (secondary N) is 1. The molecule has 2 saturated heterocycles. The standard InChI is InChI=1S/C16H18N4O2/c21-20(22)16-4-3-15(13-5-7-17-9-14(13)16)19-8-6-11-1-2-12(10-19)18-11/h3-5,7,9,11-12,18H,1-2,6,8,10H2. The van der Waals surface area contributed by atoms with E-state index < -0.39 is 0 Å². The normalized spacial score (nSPS) is 24.5. The van der Waals surface area contributed by atoms with E-state index in [1.807, 2.05) is 12.1 Å². The molecule has 0 amide bonds. The summed E-state index contributed by atoms with van der Waals surface area (Å²) in [6.45, 7) is 1.95. The summed E-state index contributed by atoms with van der Waals surface area (Å²) < 4.78 is 0. The van der Waals surface area contributed by atoms with E-state index in [0.717, 1.165) is 30.6 Å². The number of hydrogen-bond acceptors (Lipinski definition) is 5. The van der Waals surface area contributed by atoms with Crippen molar-refractivity contribution >= 4 is 22.1 Å². The molecule has 2 aliphatic rings. The van der Waals surface area contributed by atoms with Gasteiger partial charge in [-0.3, -0.25) is 15.1 Å². The third-order valence-corrected chi connectivity index (χ3v) is 4.83. The van der Waals surface area contributed by atoms with E-state index in [4.69, 9.17) is 0 Å². The fourth-order valence-electron chi connectivity index (χ4n) is 3.76. The van der Waals surface area contributed by atoms with Crippen LogP contribution in [-0.4, -0.2) is 35.1 Å². The monoisotopic (exact) mass is 298 g/mol. The van der Waals surface area contributed by atoms with Crippen molar-refractivity contribution in [2.24, 2.45) is 0 Å². The minimum atomic E-state index is -0.334. The number of pyridine rings is 1. The van der Waals surface area contributed by atoms with Gasteiger partial charge in [0.25, 0.3) is 5.69 Å². The van der Waals surface area contributed by atoms with Crippen LogP contribution in [0.5, 0.6) is 0 Å². The molecule has 2 bridgehead atoms. The highest BCUT2D eigenvalue weighted by Gasteiger charge is 2.30. The van der Waals surface area contributed by atoms with E-state index in [1.54, 1.807) is 18.5 Å². The molecule has 114 valence electrons. The molecule has 6 nitrogen and oxygen atoms in total. The van der Waals surface area contributed by atoms with Crippen LogP contribution in [0.2, 0.25) is 0 Å². The average molecular weight is 298 g/mol. The Kier molecular flexibility index (Phi) is 3.18. The molecule has 2 fully saturated rings. The first kappa shape index (κ1) is 13.5. The first-order chi connectivity index (χ1) is 10.7. The van der Waals surface area contributed by atoms with E-state index in [1.165, 1.54) is 12.8 Å². The highest BCUT2D eigenvalue weighted by Crippen LogP contribution is 2.34. The molecular weight excluding hydrogens is 280 g/mol. The van der Waals surface area contributed by atoms with Crippen molar-refractivity contribution in [3.63, 3.8) is 0 Å². The van der Waals surface area contributed by atoms with Crippen LogP contribution in [0, 0.1) is 10.1 Å². The predicted octanol–water partition coefficient (Wildman–Crippen LogP) is 2.47. The van der Waals surface area contributed by atoms with Crippen molar-refractivity contribution < 1.29 is 4.92 Å². The van der Waals surface area contributed by atoms with Gasteiger partial charge in [-0.2, -0.15) is 0 Å². The molecule has 2 unspecified atom stereocenters. The van der Waals surface area contributed by atoms with E-state index in [-0.39, 0.29) is 10.6 Å². The largest absolute Gasteiger partial charge is 0.369 e. The molecule has 2 aromatic rings. The summed E-state index contributed by atoms with van der Waals surface area (Å²) in [5, 5.41) is 16.4. The average Bonchev–Trinajstić information content (AvgIpc) is 2.85. The van der Waals surface area contributed by atoms with Crippen molar-refractivity contribution in [3.8, 4) is 0 Å². The molecule has 2 aliphatic heterocycles. The highest BCUT2D eigenvalue weighted by molar-refractivity contribution is 5.99. The zero-order valence-electron chi connectivity index (χ0n) is 12.2. The molecular formula is C16H18N4O2. The fraction of sp³-hybridized carbons (Fsp3) is 0.438. The number of aromatic nitrogens is 1. The van der Waals surface area contributed by atoms with Gasteiger partial charge in [0.1, 0.15) is 0 Å². The fourth-order valence-corrected chi connectivity index (χ4v) is 3.76. The Morgan fingerprint density at radius 2 is 2.05 bits per heavy atom. The van der Waals surface area contributed by atoms with Crippen LogP contribution in [0.4, 0.5) is 11.4 Å². The van der Waals surface area contributed by atoms with E-state index in [0.29, 0.717) is 17.5 Å². The lowest BCUT2D eigenvalue weighted by Gasteiger charge is -2.27. The van der Waals surface area contributed by atoms with Gasteiger partial charge in [-0.1, -0.05) is 0 Å². The Balaban J connectivity index is 1.79. The van der Waals surface area contributed by atoms with Gasteiger partial charge < -0.3 is 10.2 Å². The Bertz CT molecular complexity index is 733. The first-order valence-electron chi connectivity index (χ1n) is 7.74. The molecule has 1 aromatic heterocycles. The van der Waals surface area contributed by atoms with Crippen LogP contribution < -0.4 is 10.2 Å². The number of anilines is 1. The summed E-state index contributed by atoms with van der Waals surface area (Å²) >= 11 is 0. The molecule has 3 heterocycles. The predicted molar refractivity (Wildman–Crippen MR) is 85.2 cm³/mol. The van der Waals surface area contributed by atoms with Crippen LogP contribution in [0.1, 0.15) is 19.3 Å². The zero-order valence-corrected chi connectivity index (χ0v) is 12.2. The van der Waals surface area contributed by atoms with Gasteiger partial charge in [0.2, 0.25) is 0 Å². The third kappa shape index (κ3) is 2.20. The van der Waals surface area contributed by atoms with E-state index in [9.17, 15) is 10.1 Å². The summed E-state index contributed by atoms with van der Waals surface area (Å²) in [4.78, 5) is 17.3. The lowest BCUT2D eigenvalue weighted by atomic mass is 10.0. The summed E-state index contributed by atoms with van der Waals surface area (Å²) in [5.41, 5.74) is 1.21. The number of fused-ring (bicyclic) bond motifs is 3. The SMILES string of the molecule is O=[N+]([O-])c1ccc(N2CCC3CCC(C2)N3)c2ccncc12. The quantitative estimate of drug-likeness (QED) is 0.681. The van der Waals surface area contributed by atoms with Crippen LogP contribution >= 0.6 is 0 Å². The molecule has 0 spiro atoms. The smallest absolute Gasteiger partial charge is 0.278 e. The molecule has 2 atom stereocenters. The number of benzene rings is 1. The number of nitrogens with zero attached hydrogens (tertiary/aromatic N) is 3. The molecule has 0 aliphatic carbocycles. The van der Waals surface area contributed by atoms with E-state index >= 15 is 0 Å². The van der Waals surface area contributed by atoms with Crippen LogP contribution in [-0.2, 0) is 0 Å². The topological polar surface area (TPSA) is 71.3 Å². The molecule has 22 heavy (non-hydrogen) atoms. The number of hydrogen-bond donors (Lipinski definition) is 1. The van der Waals surface area contributed by atoms with Gasteiger partial charge in [-0.05, 0) is 31.4 Å². The lowest BCUT2D eigenvalue weighted by molar-refractivity contribution is -0.383. The van der Waals surface area contributed by atoms with Gasteiger partial charge in [-0.15, -0.1) is 0 Å². The second-order valence-corrected chi connectivity index (χ2v) is 6.15. The summed E-state index contributed by atoms with van der Waals surface area (Å²) in [6.07, 6.45) is 6.91. The lowest BCUT2D eigenvalue weighted by Crippen LogP contribution is -2.35. The third-order valence-electron chi connectivity index (χ3n) is 4.83. The second-order valence-electron chi connectivity index (χ2n) is 6.15. The Morgan fingerprint density at radius 1 is 1.18 bits per heavy atom. The van der Waals surface area contributed by atoms with Crippen LogP contribution in [0.3, 0.4) is 0 Å². The number of rotatable bonds is 2. The molecule has 6 heteroatoms. The number of non-ortho nitro benzene ring substituents is 1. The van der Waals surface area contributed by atoms with Gasteiger partial charge in [-0.25, -0.2) is 0 Å². The summed E-state index contributed by atoms with van der Waals surface area (Å²) in [6, 6.07) is 6.53. The van der Waals surface area contributed by atoms with E-state index in [2.05, 4.69) is 15.2 Å². The Hall–Kier alpha value is -2.21. The summed E-state index contributed by atoms with van der Waals surface area (Å²) in [7, 11) is 0. The van der Waals surface area contributed by atoms with Crippen LogP contribution in [0.25, 0.3) is 10.8 Å². The maximum atomic E-state index is 11.2. The molecule has 1 aromatic carbocycles. The van der Waals surface area contributed by atoms with Crippen molar-refractivity contribution in [2.45, 2.75) is 31.3 Å². The maximum Gasteiger partial charge on any atom is 0.278 e. The van der Waals surface area contributed by atoms with Gasteiger partial charge in [0, 0.05) is 54.7 Å². The molecule has 1 N–H and O–H groups in total. The second kappa shape index (κ2) is 5.21. The zero-order chi connectivity index (χ0) is 15.1. The van der Waals surface area contributed by atoms with Crippen molar-refractivity contribution in [1.29, 1.82) is 0 Å². The summed E-state index contributed by atoms with van der Waals surface area (Å²) in [5.74, 6) is 0. The Morgan fingerprint density at radius 3 is 2.91 bits per heavy atom. The maximum absolute atomic E-state index is 11.2. The van der Waals surface area contributed by atoms with Crippen molar-refractivity contribution in [2.75, 3.05) is 18.0 Å². The first-order valence-corrected chi connectivity index (χ1v) is 7.74. The van der Waals surface area contributed by atoms with Gasteiger partial charge >= 0.3 is 0 Å². The van der Waals surface area contributed by atoms with Crippen LogP contribution in [0.15, 0.2) is 30.6 Å². The van der Waals surface area contributed by atoms with Gasteiger partial charge in [0.15, 0.2) is 0 Å². The number of nitro benzene ring substituents is 1.